The first-order valence-corrected chi connectivity index (χ1v) is 4.17. The minimum atomic E-state index is -2.38. The quantitative estimate of drug-likeness (QED) is 0.620. The van der Waals surface area contributed by atoms with Gasteiger partial charge in [0.05, 0.1) is 6.42 Å². The van der Waals surface area contributed by atoms with Crippen LogP contribution >= 0.6 is 0 Å². The Hall–Kier alpha value is -1.00. The van der Waals surface area contributed by atoms with Gasteiger partial charge in [0.15, 0.2) is 0 Å². The molecule has 1 rings (SSSR count). The fraction of sp³-hybridized carbons (Fsp3) is 0.750. The van der Waals surface area contributed by atoms with E-state index < -0.39 is 6.43 Å². The van der Waals surface area contributed by atoms with Crippen LogP contribution < -0.4 is 0 Å². The topological polar surface area (TPSA) is 37.4 Å². The number of alkyl halides is 2. The molecule has 0 saturated carbocycles. The smallest absolute Gasteiger partial charge is 0.240 e. The van der Waals surface area contributed by atoms with E-state index >= 15 is 0 Å². The molecule has 0 aliphatic carbocycles. The van der Waals surface area contributed by atoms with Crippen LogP contribution in [0.4, 0.5) is 8.78 Å². The van der Waals surface area contributed by atoms with Gasteiger partial charge in [0, 0.05) is 25.9 Å². The van der Waals surface area contributed by atoms with Crippen LogP contribution in [-0.4, -0.2) is 36.1 Å². The highest BCUT2D eigenvalue weighted by atomic mass is 19.3. The molecule has 1 aliphatic heterocycles. The first kappa shape index (κ1) is 10.1. The van der Waals surface area contributed by atoms with Crippen molar-refractivity contribution in [2.45, 2.75) is 25.7 Å². The number of hydrogen-bond acceptors (Lipinski definition) is 2. The van der Waals surface area contributed by atoms with Gasteiger partial charge in [0.25, 0.3) is 0 Å². The van der Waals surface area contributed by atoms with Crippen molar-refractivity contribution in [2.75, 3.05) is 13.1 Å². The number of likely N-dealkylation sites (tertiary alicyclic amines) is 1. The summed E-state index contributed by atoms with van der Waals surface area (Å²) >= 11 is 0. The van der Waals surface area contributed by atoms with Crippen LogP contribution in [0.15, 0.2) is 0 Å². The Labute approximate surface area is 74.7 Å². The monoisotopic (exact) mass is 191 g/mol. The zero-order valence-electron chi connectivity index (χ0n) is 7.13. The van der Waals surface area contributed by atoms with Gasteiger partial charge in [-0.25, -0.2) is 8.78 Å². The molecule has 74 valence electrons. The average molecular weight is 191 g/mol. The summed E-state index contributed by atoms with van der Waals surface area (Å²) in [6, 6.07) is 0. The van der Waals surface area contributed by atoms with E-state index in [0.717, 1.165) is 0 Å². The van der Waals surface area contributed by atoms with E-state index in [4.69, 9.17) is 0 Å². The molecule has 0 unspecified atom stereocenters. The number of amides is 1. The third-order valence-electron chi connectivity index (χ3n) is 1.98. The number of carbonyl (C=O) groups is 2. The number of rotatable bonds is 3. The van der Waals surface area contributed by atoms with E-state index in [1.807, 2.05) is 0 Å². The molecule has 1 aliphatic rings. The summed E-state index contributed by atoms with van der Waals surface area (Å²) < 4.78 is 23.6. The lowest BCUT2D eigenvalue weighted by molar-refractivity contribution is -0.139. The zero-order valence-corrected chi connectivity index (χ0v) is 7.13. The van der Waals surface area contributed by atoms with Crippen LogP contribution in [0.1, 0.15) is 19.3 Å². The van der Waals surface area contributed by atoms with Crippen LogP contribution in [-0.2, 0) is 9.59 Å². The lowest BCUT2D eigenvalue weighted by atomic mass is 10.1. The molecule has 0 spiro atoms. The second-order valence-corrected chi connectivity index (χ2v) is 3.03. The summed E-state index contributed by atoms with van der Waals surface area (Å²) in [5.41, 5.74) is 0. The molecule has 0 atom stereocenters. The number of piperidine rings is 1. The Morgan fingerprint density at radius 1 is 1.38 bits per heavy atom. The van der Waals surface area contributed by atoms with Crippen molar-refractivity contribution in [3.63, 3.8) is 0 Å². The highest BCUT2D eigenvalue weighted by Crippen LogP contribution is 2.09. The van der Waals surface area contributed by atoms with E-state index in [0.29, 0.717) is 13.0 Å². The Morgan fingerprint density at radius 3 is 2.62 bits per heavy atom. The van der Waals surface area contributed by atoms with Crippen molar-refractivity contribution in [1.82, 2.24) is 4.90 Å². The normalized spacial score (nSPS) is 18.5. The molecule has 1 heterocycles. The second-order valence-electron chi connectivity index (χ2n) is 3.03. The summed E-state index contributed by atoms with van der Waals surface area (Å²) in [5.74, 6) is -0.421. The van der Waals surface area contributed by atoms with Crippen molar-refractivity contribution in [3.05, 3.63) is 0 Å². The first-order valence-electron chi connectivity index (χ1n) is 4.17. The van der Waals surface area contributed by atoms with Crippen LogP contribution in [0.25, 0.3) is 0 Å². The predicted molar refractivity (Wildman–Crippen MR) is 41.4 cm³/mol. The highest BCUT2D eigenvalue weighted by molar-refractivity contribution is 6.00. The molecule has 1 saturated heterocycles. The van der Waals surface area contributed by atoms with Gasteiger partial charge in [-0.1, -0.05) is 0 Å². The zero-order chi connectivity index (χ0) is 9.84. The number of Topliss-reactive ketones (excluding diaryl/α,β-unsaturated/α-hetero) is 1. The lowest BCUT2D eigenvalue weighted by Gasteiger charge is -2.25. The van der Waals surface area contributed by atoms with E-state index in [1.165, 1.54) is 4.90 Å². The van der Waals surface area contributed by atoms with Gasteiger partial charge in [0.2, 0.25) is 12.3 Å². The van der Waals surface area contributed by atoms with Gasteiger partial charge < -0.3 is 4.90 Å². The summed E-state index contributed by atoms with van der Waals surface area (Å²) in [6.07, 6.45) is -2.51. The molecule has 1 amide bonds. The van der Waals surface area contributed by atoms with Crippen LogP contribution in [0.3, 0.4) is 0 Å². The van der Waals surface area contributed by atoms with Gasteiger partial charge in [-0.3, -0.25) is 9.59 Å². The highest BCUT2D eigenvalue weighted by Gasteiger charge is 2.23. The molecule has 0 N–H and O–H groups in total. The van der Waals surface area contributed by atoms with Gasteiger partial charge >= 0.3 is 0 Å². The number of halogens is 2. The first-order chi connectivity index (χ1) is 6.09. The van der Waals surface area contributed by atoms with Crippen molar-refractivity contribution >= 4 is 11.7 Å². The van der Waals surface area contributed by atoms with Gasteiger partial charge in [-0.05, 0) is 0 Å². The fourth-order valence-corrected chi connectivity index (χ4v) is 1.24. The fourth-order valence-electron chi connectivity index (χ4n) is 1.24. The van der Waals surface area contributed by atoms with Crippen molar-refractivity contribution in [1.29, 1.82) is 0 Å². The summed E-state index contributed by atoms with van der Waals surface area (Å²) in [6.45, 7) is 0.355. The summed E-state index contributed by atoms with van der Waals surface area (Å²) in [7, 11) is 0. The lowest BCUT2D eigenvalue weighted by Crippen LogP contribution is -2.39. The molecule has 13 heavy (non-hydrogen) atoms. The van der Waals surface area contributed by atoms with Crippen molar-refractivity contribution in [2.24, 2.45) is 0 Å². The van der Waals surface area contributed by atoms with E-state index in [1.54, 1.807) is 0 Å². The Balaban J connectivity index is 2.34. The van der Waals surface area contributed by atoms with Crippen molar-refractivity contribution in [3.8, 4) is 0 Å². The molecule has 1 fully saturated rings. The molecule has 3 nitrogen and oxygen atoms in total. The average Bonchev–Trinajstić information content (AvgIpc) is 2.02. The maximum absolute atomic E-state index is 11.8. The molecule has 0 aromatic heterocycles. The molecule has 0 bridgehead atoms. The van der Waals surface area contributed by atoms with Crippen LogP contribution in [0, 0.1) is 0 Å². The largest absolute Gasteiger partial charge is 0.342 e. The number of hydrogen-bond donors (Lipinski definition) is 0. The molecular weight excluding hydrogens is 180 g/mol. The third kappa shape index (κ3) is 3.08. The Bertz CT molecular complexity index is 218. The van der Waals surface area contributed by atoms with E-state index in [9.17, 15) is 18.4 Å². The van der Waals surface area contributed by atoms with Crippen LogP contribution in [0.5, 0.6) is 0 Å². The SMILES string of the molecule is O=C1CCN(CCC(F)F)C(=O)C1. The van der Waals surface area contributed by atoms with Gasteiger partial charge in [-0.2, -0.15) is 0 Å². The second kappa shape index (κ2) is 4.30. The number of carbonyl (C=O) groups excluding carboxylic acids is 2. The van der Waals surface area contributed by atoms with E-state index in [-0.39, 0.29) is 31.1 Å². The maximum Gasteiger partial charge on any atom is 0.240 e. The van der Waals surface area contributed by atoms with Crippen LogP contribution in [0.2, 0.25) is 0 Å². The Morgan fingerprint density at radius 2 is 2.08 bits per heavy atom. The minimum absolute atomic E-state index is 0.0593. The standard InChI is InChI=1S/C8H11F2NO2/c9-7(10)2-4-11-3-1-6(12)5-8(11)13/h7H,1-5H2. The minimum Gasteiger partial charge on any atom is -0.342 e. The maximum atomic E-state index is 11.8. The third-order valence-corrected chi connectivity index (χ3v) is 1.98. The Kier molecular flexibility index (Phi) is 3.33. The predicted octanol–water partition coefficient (Wildman–Crippen LogP) is 0.833. The number of ketones is 1. The summed E-state index contributed by atoms with van der Waals surface area (Å²) in [5, 5.41) is 0. The molecule has 0 aromatic carbocycles. The molecule has 0 aromatic rings. The molecule has 0 radical (unpaired) electrons. The summed E-state index contributed by atoms with van der Waals surface area (Å²) in [4.78, 5) is 23.2. The van der Waals surface area contributed by atoms with Gasteiger partial charge in [0.1, 0.15) is 5.78 Å². The van der Waals surface area contributed by atoms with Gasteiger partial charge in [-0.15, -0.1) is 0 Å². The molecular formula is C8H11F2NO2. The van der Waals surface area contributed by atoms with Crippen molar-refractivity contribution < 1.29 is 18.4 Å². The molecule has 5 heteroatoms. The number of nitrogens with zero attached hydrogens (tertiary/aromatic N) is 1. The van der Waals surface area contributed by atoms with E-state index in [2.05, 4.69) is 0 Å².